The number of halogens is 3. The molecule has 33 heavy (non-hydrogen) atoms. The molecule has 1 fully saturated rings. The molecule has 0 bridgehead atoms. The summed E-state index contributed by atoms with van der Waals surface area (Å²) in [5, 5.41) is -0.146. The highest BCUT2D eigenvalue weighted by Crippen LogP contribution is 2.29. The number of hydrogen-bond donors (Lipinski definition) is 1. The van der Waals surface area contributed by atoms with E-state index in [0.717, 1.165) is 55.5 Å². The Morgan fingerprint density at radius 1 is 1.00 bits per heavy atom. The molecule has 5 rings (SSSR count). The maximum atomic E-state index is 14.5. The summed E-state index contributed by atoms with van der Waals surface area (Å²) in [7, 11) is 0. The Labute approximate surface area is 195 Å². The number of piperazine rings is 1. The van der Waals surface area contributed by atoms with Crippen LogP contribution in [-0.2, 0) is 0 Å². The number of pyridine rings is 2. The van der Waals surface area contributed by atoms with Crippen molar-refractivity contribution in [3.63, 3.8) is 0 Å². The van der Waals surface area contributed by atoms with Gasteiger partial charge in [-0.05, 0) is 24.3 Å². The molecule has 1 aromatic carbocycles. The maximum Gasteiger partial charge on any atom is 0.144 e. The van der Waals surface area contributed by atoms with Gasteiger partial charge < -0.3 is 10.6 Å². The number of nitrogens with two attached hydrogens (primary N) is 1. The summed E-state index contributed by atoms with van der Waals surface area (Å²) in [6, 6.07) is 7.83. The number of aliphatic imine (C=N–C) groups is 1. The molecule has 0 unspecified atom stereocenters. The standard InChI is InChI=1S/C24H23ClF2N6/c25-18-12-17(19(26)13-20(18)27)24-16(3-5-29-24)21-1-2-22-23(31-21)11-15(14-30-22)33-9-7-32(6-4-28)8-10-33/h1-3,11-14H,4-10,28H2. The third kappa shape index (κ3) is 4.34. The van der Waals surface area contributed by atoms with Crippen LogP contribution in [0, 0.1) is 11.6 Å². The molecule has 3 aromatic rings. The van der Waals surface area contributed by atoms with E-state index in [1.54, 1.807) is 0 Å². The molecule has 170 valence electrons. The number of nitrogens with zero attached hydrogens (tertiary/aromatic N) is 5. The normalized spacial score (nSPS) is 16.9. The van der Waals surface area contributed by atoms with Gasteiger partial charge in [0.2, 0.25) is 0 Å². The molecule has 2 aliphatic heterocycles. The van der Waals surface area contributed by atoms with Crippen LogP contribution in [0.25, 0.3) is 16.6 Å². The van der Waals surface area contributed by atoms with Crippen molar-refractivity contribution in [1.82, 2.24) is 14.9 Å². The maximum absolute atomic E-state index is 14.5. The van der Waals surface area contributed by atoms with E-state index in [9.17, 15) is 8.78 Å². The predicted molar refractivity (Wildman–Crippen MR) is 128 cm³/mol. The van der Waals surface area contributed by atoms with Crippen molar-refractivity contribution < 1.29 is 8.78 Å². The Morgan fingerprint density at radius 2 is 1.82 bits per heavy atom. The fourth-order valence-electron chi connectivity index (χ4n) is 4.30. The van der Waals surface area contributed by atoms with Crippen LogP contribution in [0.1, 0.15) is 11.3 Å². The van der Waals surface area contributed by atoms with Gasteiger partial charge in [0.1, 0.15) is 11.6 Å². The number of anilines is 1. The highest BCUT2D eigenvalue weighted by Gasteiger charge is 2.23. The minimum Gasteiger partial charge on any atom is -0.368 e. The van der Waals surface area contributed by atoms with Gasteiger partial charge in [0.25, 0.3) is 0 Å². The van der Waals surface area contributed by atoms with Crippen molar-refractivity contribution in [2.24, 2.45) is 10.7 Å². The third-order valence-corrected chi connectivity index (χ3v) is 6.34. The quantitative estimate of drug-likeness (QED) is 0.580. The van der Waals surface area contributed by atoms with E-state index in [1.807, 2.05) is 30.5 Å². The van der Waals surface area contributed by atoms with Crippen LogP contribution < -0.4 is 10.6 Å². The molecule has 0 spiro atoms. The van der Waals surface area contributed by atoms with E-state index in [1.165, 1.54) is 6.07 Å². The van der Waals surface area contributed by atoms with Crippen LogP contribution in [0.3, 0.4) is 0 Å². The van der Waals surface area contributed by atoms with E-state index in [2.05, 4.69) is 19.8 Å². The van der Waals surface area contributed by atoms with Gasteiger partial charge in [-0.15, -0.1) is 0 Å². The summed E-state index contributed by atoms with van der Waals surface area (Å²) >= 11 is 5.90. The summed E-state index contributed by atoms with van der Waals surface area (Å²) in [5.41, 5.74) is 10.1. The van der Waals surface area contributed by atoms with E-state index >= 15 is 0 Å². The number of benzene rings is 1. The Morgan fingerprint density at radius 3 is 2.61 bits per heavy atom. The fraction of sp³-hybridized carbons (Fsp3) is 0.292. The molecule has 0 aliphatic carbocycles. The van der Waals surface area contributed by atoms with Gasteiger partial charge in [-0.1, -0.05) is 17.7 Å². The second-order valence-corrected chi connectivity index (χ2v) is 8.51. The van der Waals surface area contributed by atoms with Crippen molar-refractivity contribution in [3.8, 4) is 0 Å². The molecule has 0 radical (unpaired) electrons. The summed E-state index contributed by atoms with van der Waals surface area (Å²) < 4.78 is 28.1. The van der Waals surface area contributed by atoms with Crippen LogP contribution in [0.2, 0.25) is 5.02 Å². The van der Waals surface area contributed by atoms with Crippen LogP contribution in [-0.4, -0.2) is 66.4 Å². The van der Waals surface area contributed by atoms with Gasteiger partial charge in [0.15, 0.2) is 0 Å². The predicted octanol–water partition coefficient (Wildman–Crippen LogP) is 3.53. The van der Waals surface area contributed by atoms with E-state index in [0.29, 0.717) is 30.1 Å². The van der Waals surface area contributed by atoms with Gasteiger partial charge in [0, 0.05) is 56.5 Å². The van der Waals surface area contributed by atoms with E-state index in [4.69, 9.17) is 22.3 Å². The van der Waals surface area contributed by atoms with E-state index < -0.39 is 11.6 Å². The Hall–Kier alpha value is -2.94. The molecule has 2 N–H and O–H groups in total. The molecule has 2 aliphatic rings. The first kappa shape index (κ1) is 21.9. The monoisotopic (exact) mass is 468 g/mol. The number of hydrogen-bond acceptors (Lipinski definition) is 6. The minimum atomic E-state index is -0.798. The van der Waals surface area contributed by atoms with Crippen molar-refractivity contribution in [2.75, 3.05) is 50.7 Å². The average molecular weight is 469 g/mol. The fourth-order valence-corrected chi connectivity index (χ4v) is 4.47. The zero-order valence-corrected chi connectivity index (χ0v) is 18.7. The van der Waals surface area contributed by atoms with Gasteiger partial charge in [-0.3, -0.25) is 14.9 Å². The van der Waals surface area contributed by atoms with Gasteiger partial charge in [-0.2, -0.15) is 0 Å². The Kier molecular flexibility index (Phi) is 6.05. The van der Waals surface area contributed by atoms with Gasteiger partial charge >= 0.3 is 0 Å². The van der Waals surface area contributed by atoms with Crippen LogP contribution in [0.5, 0.6) is 0 Å². The topological polar surface area (TPSA) is 70.6 Å². The highest BCUT2D eigenvalue weighted by atomic mass is 35.5. The van der Waals surface area contributed by atoms with Crippen molar-refractivity contribution in [1.29, 1.82) is 0 Å². The largest absolute Gasteiger partial charge is 0.368 e. The van der Waals surface area contributed by atoms with Gasteiger partial charge in [0.05, 0.1) is 45.9 Å². The lowest BCUT2D eigenvalue weighted by Gasteiger charge is -2.35. The zero-order valence-electron chi connectivity index (χ0n) is 17.9. The smallest absolute Gasteiger partial charge is 0.144 e. The molecule has 0 amide bonds. The second kappa shape index (κ2) is 9.13. The van der Waals surface area contributed by atoms with E-state index in [-0.39, 0.29) is 10.6 Å². The third-order valence-electron chi connectivity index (χ3n) is 6.05. The number of rotatable bonds is 5. The Balaban J connectivity index is 1.43. The molecule has 2 aromatic heterocycles. The highest BCUT2D eigenvalue weighted by molar-refractivity contribution is 6.35. The lowest BCUT2D eigenvalue weighted by atomic mass is 9.99. The molecule has 6 nitrogen and oxygen atoms in total. The summed E-state index contributed by atoms with van der Waals surface area (Å²) in [4.78, 5) is 18.5. The van der Waals surface area contributed by atoms with Crippen molar-refractivity contribution in [2.45, 2.75) is 0 Å². The molecular weight excluding hydrogens is 446 g/mol. The van der Waals surface area contributed by atoms with Crippen LogP contribution in [0.4, 0.5) is 14.5 Å². The summed E-state index contributed by atoms with van der Waals surface area (Å²) in [5.74, 6) is -1.50. The minimum absolute atomic E-state index is 0.146. The average Bonchev–Trinajstić information content (AvgIpc) is 3.31. The lowest BCUT2D eigenvalue weighted by Crippen LogP contribution is -2.47. The van der Waals surface area contributed by atoms with Crippen LogP contribution in [0.15, 0.2) is 47.6 Å². The number of aromatic nitrogens is 2. The molecular formula is C24H23ClF2N6. The molecule has 1 saturated heterocycles. The summed E-state index contributed by atoms with van der Waals surface area (Å²) in [6.45, 7) is 5.69. The van der Waals surface area contributed by atoms with Crippen molar-refractivity contribution in [3.05, 3.63) is 70.5 Å². The first-order chi connectivity index (χ1) is 16.0. The van der Waals surface area contributed by atoms with Crippen LogP contribution >= 0.6 is 11.6 Å². The molecule has 0 atom stereocenters. The molecule has 4 heterocycles. The zero-order chi connectivity index (χ0) is 22.9. The van der Waals surface area contributed by atoms with Gasteiger partial charge in [-0.25, -0.2) is 13.8 Å². The van der Waals surface area contributed by atoms with Crippen molar-refractivity contribution >= 4 is 39.6 Å². The second-order valence-electron chi connectivity index (χ2n) is 8.10. The molecule has 0 saturated carbocycles. The lowest BCUT2D eigenvalue weighted by molar-refractivity contribution is 0.265. The SMILES string of the molecule is NCCN1CCN(c2cnc3ccc(C4=CCN=C4c4cc(Cl)c(F)cc4F)nc3c2)CC1. The number of allylic oxidation sites excluding steroid dienone is 1. The number of fused-ring (bicyclic) bond motifs is 1. The first-order valence-corrected chi connectivity index (χ1v) is 11.3. The summed E-state index contributed by atoms with van der Waals surface area (Å²) in [6.07, 6.45) is 3.76. The molecule has 9 heteroatoms. The first-order valence-electron chi connectivity index (χ1n) is 10.9. The Bertz CT molecular complexity index is 1270.